The number of ether oxygens (including phenoxy) is 2. The van der Waals surface area contributed by atoms with Gasteiger partial charge in [-0.25, -0.2) is 0 Å². The molecule has 1 aromatic carbocycles. The molecular formula is C9H7Br2NO2S. The minimum atomic E-state index is 0.563. The molecule has 0 amide bonds. The second kappa shape index (κ2) is 5.61. The Kier molecular flexibility index (Phi) is 4.73. The average molecular weight is 353 g/mol. The second-order valence-corrected chi connectivity index (χ2v) is 4.29. The number of nitrogens with zero attached hydrogens (tertiary/aromatic N) is 1. The Labute approximate surface area is 110 Å². The van der Waals surface area contributed by atoms with Crippen LogP contribution < -0.4 is 9.47 Å². The summed E-state index contributed by atoms with van der Waals surface area (Å²) in [7, 11) is 3.13. The molecular weight excluding hydrogens is 346 g/mol. The van der Waals surface area contributed by atoms with Crippen LogP contribution in [0.15, 0.2) is 20.0 Å². The van der Waals surface area contributed by atoms with Crippen LogP contribution in [0.2, 0.25) is 0 Å². The topological polar surface area (TPSA) is 30.8 Å². The fraction of sp³-hybridized carbons (Fsp3) is 0.222. The fourth-order valence-electron chi connectivity index (χ4n) is 1.06. The molecule has 0 aliphatic heterocycles. The minimum Gasteiger partial charge on any atom is -0.494 e. The van der Waals surface area contributed by atoms with Crippen LogP contribution >= 0.6 is 44.1 Å². The number of rotatable bonds is 3. The van der Waals surface area contributed by atoms with Gasteiger partial charge in [0.05, 0.1) is 28.3 Å². The summed E-state index contributed by atoms with van der Waals surface area (Å²) in [5.41, 5.74) is 0.563. The lowest BCUT2D eigenvalue weighted by Crippen LogP contribution is -1.90. The van der Waals surface area contributed by atoms with Crippen LogP contribution in [0.25, 0.3) is 0 Å². The summed E-state index contributed by atoms with van der Waals surface area (Å²) < 4.78 is 11.8. The van der Waals surface area contributed by atoms with E-state index in [4.69, 9.17) is 9.47 Å². The Morgan fingerprint density at radius 2 is 2.00 bits per heavy atom. The minimum absolute atomic E-state index is 0.563. The smallest absolute Gasteiger partial charge is 0.149 e. The van der Waals surface area contributed by atoms with Crippen LogP contribution in [0, 0.1) is 0 Å². The zero-order chi connectivity index (χ0) is 11.4. The highest BCUT2D eigenvalue weighted by Crippen LogP contribution is 2.46. The van der Waals surface area contributed by atoms with Gasteiger partial charge in [-0.1, -0.05) is 0 Å². The third-order valence-electron chi connectivity index (χ3n) is 1.70. The highest BCUT2D eigenvalue weighted by Gasteiger charge is 2.15. The van der Waals surface area contributed by atoms with Crippen molar-refractivity contribution in [1.82, 2.24) is 0 Å². The van der Waals surface area contributed by atoms with Crippen LogP contribution in [-0.2, 0) is 0 Å². The summed E-state index contributed by atoms with van der Waals surface area (Å²) in [6.45, 7) is 0. The van der Waals surface area contributed by atoms with Crippen molar-refractivity contribution in [1.29, 1.82) is 0 Å². The first-order chi connectivity index (χ1) is 7.15. The number of thiocarbonyl (C=S) groups is 1. The Hall–Kier alpha value is -0.420. The van der Waals surface area contributed by atoms with E-state index in [0.29, 0.717) is 21.7 Å². The van der Waals surface area contributed by atoms with E-state index in [1.807, 2.05) is 0 Å². The summed E-state index contributed by atoms with van der Waals surface area (Å²) in [5.74, 6) is 1.23. The third-order valence-corrected chi connectivity index (χ3v) is 3.11. The molecule has 0 saturated carbocycles. The van der Waals surface area contributed by atoms with Crippen LogP contribution in [0.1, 0.15) is 0 Å². The van der Waals surface area contributed by atoms with Crippen LogP contribution in [0.3, 0.4) is 0 Å². The van der Waals surface area contributed by atoms with Crippen molar-refractivity contribution in [2.45, 2.75) is 0 Å². The Bertz CT molecular complexity index is 431. The highest BCUT2D eigenvalue weighted by atomic mass is 79.9. The molecule has 0 aromatic heterocycles. The molecule has 0 bridgehead atoms. The summed E-state index contributed by atoms with van der Waals surface area (Å²) in [5, 5.41) is 2.30. The SMILES string of the molecule is COc1cc(Br)c(OC)c(Br)c1N=C=S. The number of methoxy groups -OCH3 is 2. The van der Waals surface area contributed by atoms with Gasteiger partial charge in [-0.15, -0.1) is 0 Å². The first-order valence-corrected chi connectivity index (χ1v) is 5.83. The summed E-state index contributed by atoms with van der Waals surface area (Å²) >= 11 is 11.3. The first kappa shape index (κ1) is 12.6. The number of halogens is 2. The van der Waals surface area contributed by atoms with Crippen molar-refractivity contribution in [3.05, 3.63) is 15.0 Å². The lowest BCUT2D eigenvalue weighted by atomic mass is 10.3. The predicted molar refractivity (Wildman–Crippen MR) is 69.6 cm³/mol. The van der Waals surface area contributed by atoms with Crippen molar-refractivity contribution in [3.8, 4) is 11.5 Å². The van der Waals surface area contributed by atoms with Crippen molar-refractivity contribution < 1.29 is 9.47 Å². The molecule has 0 spiro atoms. The predicted octanol–water partition coefficient (Wildman–Crippen LogP) is 3.96. The molecule has 6 heteroatoms. The molecule has 0 aliphatic rings. The largest absolute Gasteiger partial charge is 0.494 e. The molecule has 0 fully saturated rings. The van der Waals surface area contributed by atoms with Gasteiger partial charge in [0.1, 0.15) is 17.2 Å². The van der Waals surface area contributed by atoms with Gasteiger partial charge in [-0.3, -0.25) is 0 Å². The summed E-state index contributed by atoms with van der Waals surface area (Å²) in [6, 6.07) is 1.76. The summed E-state index contributed by atoms with van der Waals surface area (Å²) in [4.78, 5) is 3.92. The number of aliphatic imine (C=N–C) groups is 1. The van der Waals surface area contributed by atoms with E-state index in [2.05, 4.69) is 54.2 Å². The number of benzene rings is 1. The molecule has 3 nitrogen and oxygen atoms in total. The van der Waals surface area contributed by atoms with Crippen LogP contribution in [0.4, 0.5) is 5.69 Å². The Morgan fingerprint density at radius 1 is 1.33 bits per heavy atom. The van der Waals surface area contributed by atoms with E-state index in [-0.39, 0.29) is 0 Å². The van der Waals surface area contributed by atoms with Crippen LogP contribution in [-0.4, -0.2) is 19.4 Å². The van der Waals surface area contributed by atoms with E-state index in [1.54, 1.807) is 20.3 Å². The maximum Gasteiger partial charge on any atom is 0.149 e. The molecule has 0 unspecified atom stereocenters. The fourth-order valence-corrected chi connectivity index (χ4v) is 2.65. The molecule has 1 aromatic rings. The van der Waals surface area contributed by atoms with Crippen LogP contribution in [0.5, 0.6) is 11.5 Å². The third kappa shape index (κ3) is 2.58. The highest BCUT2D eigenvalue weighted by molar-refractivity contribution is 9.11. The van der Waals surface area contributed by atoms with Gasteiger partial charge in [-0.2, -0.15) is 4.99 Å². The van der Waals surface area contributed by atoms with Gasteiger partial charge in [0.2, 0.25) is 0 Å². The van der Waals surface area contributed by atoms with E-state index in [9.17, 15) is 0 Å². The van der Waals surface area contributed by atoms with E-state index in [1.165, 1.54) is 0 Å². The van der Waals surface area contributed by atoms with Crippen molar-refractivity contribution in [2.75, 3.05) is 14.2 Å². The average Bonchev–Trinajstić information content (AvgIpc) is 2.22. The molecule has 0 radical (unpaired) electrons. The maximum absolute atomic E-state index is 5.19. The van der Waals surface area contributed by atoms with Gasteiger partial charge in [0, 0.05) is 6.07 Å². The quantitative estimate of drug-likeness (QED) is 0.609. The molecule has 0 saturated heterocycles. The molecule has 0 aliphatic carbocycles. The summed E-state index contributed by atoms with van der Waals surface area (Å²) in [6.07, 6.45) is 0. The zero-order valence-corrected chi connectivity index (χ0v) is 12.0. The number of hydrogen-bond acceptors (Lipinski definition) is 4. The lowest BCUT2D eigenvalue weighted by molar-refractivity contribution is 0.399. The molecule has 0 N–H and O–H groups in total. The van der Waals surface area contributed by atoms with Crippen molar-refractivity contribution in [3.63, 3.8) is 0 Å². The molecule has 1 rings (SSSR count). The van der Waals surface area contributed by atoms with Gasteiger partial charge in [0.15, 0.2) is 0 Å². The normalized spacial score (nSPS) is 9.33. The number of isothiocyanates is 1. The van der Waals surface area contributed by atoms with Crippen molar-refractivity contribution in [2.24, 2.45) is 4.99 Å². The standard InChI is InChI=1S/C9H7Br2NO2S/c1-13-6-3-5(10)9(14-2)7(11)8(6)12-4-15/h3H,1-2H3. The Balaban J connectivity index is 3.52. The second-order valence-electron chi connectivity index (χ2n) is 2.46. The molecule has 0 atom stereocenters. The van der Waals surface area contributed by atoms with Gasteiger partial charge < -0.3 is 9.47 Å². The molecule has 0 heterocycles. The Morgan fingerprint density at radius 3 is 2.47 bits per heavy atom. The monoisotopic (exact) mass is 351 g/mol. The number of hydrogen-bond donors (Lipinski definition) is 0. The molecule has 15 heavy (non-hydrogen) atoms. The van der Waals surface area contributed by atoms with E-state index < -0.39 is 0 Å². The molecule has 80 valence electrons. The van der Waals surface area contributed by atoms with Gasteiger partial charge in [0.25, 0.3) is 0 Å². The van der Waals surface area contributed by atoms with Crippen molar-refractivity contribution >= 4 is 54.9 Å². The lowest BCUT2D eigenvalue weighted by Gasteiger charge is -2.11. The van der Waals surface area contributed by atoms with E-state index >= 15 is 0 Å². The van der Waals surface area contributed by atoms with Gasteiger partial charge >= 0.3 is 0 Å². The van der Waals surface area contributed by atoms with E-state index in [0.717, 1.165) is 4.47 Å². The van der Waals surface area contributed by atoms with Gasteiger partial charge in [-0.05, 0) is 44.1 Å². The zero-order valence-electron chi connectivity index (χ0n) is 8.01. The maximum atomic E-state index is 5.19. The first-order valence-electron chi connectivity index (χ1n) is 3.83.